The van der Waals surface area contributed by atoms with E-state index in [1.165, 1.54) is 0 Å². The third-order valence-electron chi connectivity index (χ3n) is 4.63. The number of piperidine rings is 1. The summed E-state index contributed by atoms with van der Waals surface area (Å²) in [5, 5.41) is 9.18. The number of aliphatic carboxylic acids is 1. The van der Waals surface area contributed by atoms with Crippen LogP contribution in [0.15, 0.2) is 0 Å². The molecule has 0 aromatic heterocycles. The number of amides is 2. The first-order valence-corrected chi connectivity index (χ1v) is 7.40. The molecule has 2 atom stereocenters. The summed E-state index contributed by atoms with van der Waals surface area (Å²) in [6.07, 6.45) is 1.91. The molecular formula is C14H25N3O4. The van der Waals surface area contributed by atoms with Gasteiger partial charge in [0.25, 0.3) is 0 Å². The van der Waals surface area contributed by atoms with Crippen LogP contribution in [0.4, 0.5) is 4.79 Å². The largest absolute Gasteiger partial charge is 0.481 e. The summed E-state index contributed by atoms with van der Waals surface area (Å²) in [7, 11) is 5.79. The maximum Gasteiger partial charge on any atom is 0.320 e. The van der Waals surface area contributed by atoms with E-state index in [0.717, 1.165) is 25.9 Å². The fourth-order valence-electron chi connectivity index (χ4n) is 3.10. The van der Waals surface area contributed by atoms with Gasteiger partial charge in [-0.2, -0.15) is 0 Å². The number of likely N-dealkylation sites (tertiary alicyclic amines) is 1. The molecule has 1 N–H and O–H groups in total. The lowest BCUT2D eigenvalue weighted by Crippen LogP contribution is -2.53. The van der Waals surface area contributed by atoms with Gasteiger partial charge in [-0.15, -0.1) is 0 Å². The quantitative estimate of drug-likeness (QED) is 0.804. The van der Waals surface area contributed by atoms with Crippen LogP contribution in [0.2, 0.25) is 0 Å². The van der Waals surface area contributed by atoms with Crippen LogP contribution in [0, 0.1) is 5.92 Å². The number of carboxylic acid groups (broad SMARTS) is 1. The third-order valence-corrected chi connectivity index (χ3v) is 4.63. The van der Waals surface area contributed by atoms with E-state index >= 15 is 0 Å². The second-order valence-corrected chi connectivity index (χ2v) is 6.12. The Morgan fingerprint density at radius 3 is 2.29 bits per heavy atom. The number of hydrogen-bond acceptors (Lipinski definition) is 4. The molecule has 7 heteroatoms. The van der Waals surface area contributed by atoms with Crippen LogP contribution in [0.5, 0.6) is 0 Å². The highest BCUT2D eigenvalue weighted by atomic mass is 16.5. The summed E-state index contributed by atoms with van der Waals surface area (Å²) in [5.41, 5.74) is 0. The van der Waals surface area contributed by atoms with Crippen LogP contribution in [0.3, 0.4) is 0 Å². The summed E-state index contributed by atoms with van der Waals surface area (Å²) < 4.78 is 5.24. The summed E-state index contributed by atoms with van der Waals surface area (Å²) in [4.78, 5) is 29.3. The van der Waals surface area contributed by atoms with Crippen LogP contribution in [-0.4, -0.2) is 91.3 Å². The molecule has 2 saturated heterocycles. The van der Waals surface area contributed by atoms with Crippen molar-refractivity contribution < 1.29 is 19.4 Å². The summed E-state index contributed by atoms with van der Waals surface area (Å²) in [5.74, 6) is -1.53. The number of carbonyl (C=O) groups is 2. The number of ether oxygens (including phenoxy) is 1. The molecule has 2 aliphatic heterocycles. The van der Waals surface area contributed by atoms with E-state index in [1.54, 1.807) is 11.9 Å². The molecule has 2 aliphatic rings. The van der Waals surface area contributed by atoms with Crippen LogP contribution in [0.25, 0.3) is 0 Å². The van der Waals surface area contributed by atoms with E-state index in [1.807, 2.05) is 4.90 Å². The highest BCUT2D eigenvalue weighted by molar-refractivity contribution is 5.77. The number of urea groups is 1. The Balaban J connectivity index is 1.92. The van der Waals surface area contributed by atoms with Crippen molar-refractivity contribution in [2.24, 2.45) is 5.92 Å². The van der Waals surface area contributed by atoms with E-state index in [4.69, 9.17) is 4.74 Å². The van der Waals surface area contributed by atoms with Gasteiger partial charge in [-0.05, 0) is 26.9 Å². The molecule has 2 fully saturated rings. The van der Waals surface area contributed by atoms with Crippen LogP contribution in [0.1, 0.15) is 12.8 Å². The Hall–Kier alpha value is -1.34. The zero-order valence-electron chi connectivity index (χ0n) is 13.0. The van der Waals surface area contributed by atoms with Crippen molar-refractivity contribution in [3.63, 3.8) is 0 Å². The second kappa shape index (κ2) is 6.62. The average Bonchev–Trinajstić information content (AvgIpc) is 2.95. The van der Waals surface area contributed by atoms with Gasteiger partial charge in [0.2, 0.25) is 0 Å². The number of carboxylic acids is 1. The molecule has 0 aromatic carbocycles. The second-order valence-electron chi connectivity index (χ2n) is 6.12. The molecule has 2 amide bonds. The van der Waals surface area contributed by atoms with Crippen LogP contribution >= 0.6 is 0 Å². The molecule has 7 nitrogen and oxygen atoms in total. The summed E-state index contributed by atoms with van der Waals surface area (Å²) in [6, 6.07) is 0.0523. The first-order chi connectivity index (χ1) is 9.91. The van der Waals surface area contributed by atoms with Crippen molar-refractivity contribution in [2.45, 2.75) is 24.9 Å². The smallest absolute Gasteiger partial charge is 0.320 e. The van der Waals surface area contributed by atoms with E-state index in [-0.39, 0.29) is 18.7 Å². The van der Waals surface area contributed by atoms with Crippen molar-refractivity contribution in [1.82, 2.24) is 14.7 Å². The fraction of sp³-hybridized carbons (Fsp3) is 0.857. The molecule has 0 bridgehead atoms. The Bertz CT molecular complexity index is 394. The van der Waals surface area contributed by atoms with Gasteiger partial charge in [-0.3, -0.25) is 4.79 Å². The number of likely N-dealkylation sites (N-methyl/N-ethyl adjacent to an activating group) is 1. The van der Waals surface area contributed by atoms with E-state index in [2.05, 4.69) is 19.0 Å². The molecule has 2 unspecified atom stereocenters. The van der Waals surface area contributed by atoms with E-state index in [0.29, 0.717) is 12.6 Å². The van der Waals surface area contributed by atoms with E-state index < -0.39 is 11.9 Å². The Morgan fingerprint density at radius 1 is 1.14 bits per heavy atom. The minimum absolute atomic E-state index is 0.0889. The highest BCUT2D eigenvalue weighted by Gasteiger charge is 2.40. The molecule has 21 heavy (non-hydrogen) atoms. The minimum Gasteiger partial charge on any atom is -0.481 e. The Kier molecular flexibility index (Phi) is 5.05. The standard InChI is InChI=1S/C14H25N3O4/c1-15(2)10-4-6-17(7-5-10)14(20)16(3)12-9-21-8-11(12)13(18)19/h10-12H,4-9H2,1-3H3,(H,18,19). The molecule has 0 radical (unpaired) electrons. The van der Waals surface area contributed by atoms with E-state index in [9.17, 15) is 14.7 Å². The predicted molar refractivity (Wildman–Crippen MR) is 77.2 cm³/mol. The van der Waals surface area contributed by atoms with Gasteiger partial charge in [-0.25, -0.2) is 4.79 Å². The number of hydrogen-bond donors (Lipinski definition) is 1. The van der Waals surface area contributed by atoms with Gasteiger partial charge >= 0.3 is 12.0 Å². The molecule has 0 aliphatic carbocycles. The average molecular weight is 299 g/mol. The number of nitrogens with zero attached hydrogens (tertiary/aromatic N) is 3. The Morgan fingerprint density at radius 2 is 1.76 bits per heavy atom. The minimum atomic E-state index is -0.900. The van der Waals surface area contributed by atoms with Gasteiger partial charge in [0.05, 0.1) is 19.3 Å². The zero-order chi connectivity index (χ0) is 15.6. The number of rotatable bonds is 3. The van der Waals surface area contributed by atoms with Gasteiger partial charge < -0.3 is 24.5 Å². The van der Waals surface area contributed by atoms with Crippen LogP contribution in [-0.2, 0) is 9.53 Å². The highest BCUT2D eigenvalue weighted by Crippen LogP contribution is 2.22. The molecular weight excluding hydrogens is 274 g/mol. The summed E-state index contributed by atoms with van der Waals surface area (Å²) in [6.45, 7) is 1.92. The fourth-order valence-corrected chi connectivity index (χ4v) is 3.10. The molecule has 0 saturated carbocycles. The van der Waals surface area contributed by atoms with Crippen molar-refractivity contribution in [3.05, 3.63) is 0 Å². The monoisotopic (exact) mass is 299 g/mol. The molecule has 0 spiro atoms. The molecule has 120 valence electrons. The van der Waals surface area contributed by atoms with Crippen LogP contribution < -0.4 is 0 Å². The summed E-state index contributed by atoms with van der Waals surface area (Å²) >= 11 is 0. The molecule has 2 rings (SSSR count). The maximum absolute atomic E-state index is 12.5. The lowest BCUT2D eigenvalue weighted by Gasteiger charge is -2.38. The van der Waals surface area contributed by atoms with Crippen molar-refractivity contribution in [3.8, 4) is 0 Å². The first kappa shape index (κ1) is 16.0. The van der Waals surface area contributed by atoms with Gasteiger partial charge in [0, 0.05) is 26.2 Å². The maximum atomic E-state index is 12.5. The molecule has 0 aromatic rings. The first-order valence-electron chi connectivity index (χ1n) is 7.40. The topological polar surface area (TPSA) is 73.3 Å². The number of carbonyl (C=O) groups excluding carboxylic acids is 1. The Labute approximate surface area is 125 Å². The van der Waals surface area contributed by atoms with Crippen molar-refractivity contribution >= 4 is 12.0 Å². The van der Waals surface area contributed by atoms with Gasteiger partial charge in [0.15, 0.2) is 0 Å². The van der Waals surface area contributed by atoms with Gasteiger partial charge in [-0.1, -0.05) is 0 Å². The lowest BCUT2D eigenvalue weighted by molar-refractivity contribution is -0.142. The van der Waals surface area contributed by atoms with Crippen molar-refractivity contribution in [2.75, 3.05) is 47.4 Å². The third kappa shape index (κ3) is 3.47. The molecule has 2 heterocycles. The van der Waals surface area contributed by atoms with Gasteiger partial charge in [0.1, 0.15) is 5.92 Å². The SMILES string of the molecule is CN(C)C1CCN(C(=O)N(C)C2COCC2C(=O)O)CC1. The normalized spacial score (nSPS) is 27.1. The van der Waals surface area contributed by atoms with Crippen molar-refractivity contribution in [1.29, 1.82) is 0 Å². The lowest BCUT2D eigenvalue weighted by atomic mass is 10.0. The zero-order valence-corrected chi connectivity index (χ0v) is 13.0. The predicted octanol–water partition coefficient (Wildman–Crippen LogP) is 0.164.